The molecule has 1 amide bonds. The standard InChI is InChI=1S/C24H25N5O4S/c1-16-22(24(31)29(28(16)2)18-7-5-4-6-8-18)26-21(30)13-14-34-15-20-25-23(33-27-20)17-9-11-19(32-3)12-10-17/h4-12H,13-15H2,1-3H3,(H,26,30). The van der Waals surface area contributed by atoms with Gasteiger partial charge in [0.05, 0.1) is 24.2 Å². The minimum atomic E-state index is -0.259. The van der Waals surface area contributed by atoms with E-state index in [0.717, 1.165) is 17.0 Å². The molecule has 0 bridgehead atoms. The first kappa shape index (κ1) is 23.4. The molecule has 0 aliphatic heterocycles. The first-order chi connectivity index (χ1) is 16.5. The number of anilines is 1. The van der Waals surface area contributed by atoms with E-state index in [4.69, 9.17) is 9.26 Å². The number of nitrogens with zero attached hydrogens (tertiary/aromatic N) is 4. The minimum Gasteiger partial charge on any atom is -0.497 e. The van der Waals surface area contributed by atoms with Gasteiger partial charge in [-0.15, -0.1) is 0 Å². The number of amides is 1. The number of ether oxygens (including phenoxy) is 1. The van der Waals surface area contributed by atoms with Crippen LogP contribution < -0.4 is 15.6 Å². The molecular formula is C24H25N5O4S. The van der Waals surface area contributed by atoms with Gasteiger partial charge in [0.1, 0.15) is 11.4 Å². The van der Waals surface area contributed by atoms with Gasteiger partial charge in [-0.05, 0) is 43.3 Å². The smallest absolute Gasteiger partial charge is 0.295 e. The van der Waals surface area contributed by atoms with E-state index in [1.165, 1.54) is 16.4 Å². The molecule has 2 heterocycles. The lowest BCUT2D eigenvalue weighted by Crippen LogP contribution is -2.23. The lowest BCUT2D eigenvalue weighted by atomic mass is 10.2. The minimum absolute atomic E-state index is 0.217. The van der Waals surface area contributed by atoms with Crippen molar-refractivity contribution in [3.8, 4) is 22.9 Å². The van der Waals surface area contributed by atoms with Crippen molar-refractivity contribution in [3.05, 3.63) is 76.5 Å². The molecule has 2 aromatic heterocycles. The Hall–Kier alpha value is -3.79. The van der Waals surface area contributed by atoms with Crippen molar-refractivity contribution >= 4 is 23.4 Å². The third-order valence-electron chi connectivity index (χ3n) is 5.33. The predicted molar refractivity (Wildman–Crippen MR) is 131 cm³/mol. The average Bonchev–Trinajstić information content (AvgIpc) is 3.41. The van der Waals surface area contributed by atoms with E-state index in [1.54, 1.807) is 18.8 Å². The van der Waals surface area contributed by atoms with Crippen LogP contribution in [0.15, 0.2) is 63.9 Å². The van der Waals surface area contributed by atoms with Gasteiger partial charge in [-0.1, -0.05) is 23.4 Å². The van der Waals surface area contributed by atoms with Gasteiger partial charge < -0.3 is 14.6 Å². The van der Waals surface area contributed by atoms with Crippen LogP contribution in [0, 0.1) is 6.92 Å². The van der Waals surface area contributed by atoms with E-state index in [9.17, 15) is 9.59 Å². The molecule has 0 fully saturated rings. The lowest BCUT2D eigenvalue weighted by molar-refractivity contribution is -0.115. The second-order valence-corrected chi connectivity index (χ2v) is 8.64. The van der Waals surface area contributed by atoms with Crippen molar-refractivity contribution in [3.63, 3.8) is 0 Å². The fourth-order valence-corrected chi connectivity index (χ4v) is 4.18. The van der Waals surface area contributed by atoms with Crippen molar-refractivity contribution in [2.75, 3.05) is 18.2 Å². The van der Waals surface area contributed by atoms with E-state index in [0.29, 0.717) is 34.6 Å². The van der Waals surface area contributed by atoms with Crippen LogP contribution in [0.4, 0.5) is 5.69 Å². The van der Waals surface area contributed by atoms with E-state index >= 15 is 0 Å². The summed E-state index contributed by atoms with van der Waals surface area (Å²) in [5.74, 6) is 2.59. The van der Waals surface area contributed by atoms with Crippen LogP contribution in [0.2, 0.25) is 0 Å². The highest BCUT2D eigenvalue weighted by Crippen LogP contribution is 2.22. The zero-order chi connectivity index (χ0) is 24.1. The highest BCUT2D eigenvalue weighted by molar-refractivity contribution is 7.98. The van der Waals surface area contributed by atoms with Crippen LogP contribution in [0.5, 0.6) is 5.75 Å². The van der Waals surface area contributed by atoms with Crippen LogP contribution >= 0.6 is 11.8 Å². The number of nitrogens with one attached hydrogen (secondary N) is 1. The van der Waals surface area contributed by atoms with E-state index < -0.39 is 0 Å². The number of carbonyl (C=O) groups is 1. The van der Waals surface area contributed by atoms with Gasteiger partial charge in [-0.2, -0.15) is 16.7 Å². The van der Waals surface area contributed by atoms with Crippen molar-refractivity contribution in [1.29, 1.82) is 0 Å². The van der Waals surface area contributed by atoms with Gasteiger partial charge in [0, 0.05) is 24.8 Å². The molecule has 0 saturated heterocycles. The third-order valence-corrected chi connectivity index (χ3v) is 6.28. The number of aromatic nitrogens is 4. The molecule has 4 rings (SSSR count). The fourth-order valence-electron chi connectivity index (χ4n) is 3.41. The fraction of sp³-hybridized carbons (Fsp3) is 0.250. The van der Waals surface area contributed by atoms with Gasteiger partial charge in [0.25, 0.3) is 11.4 Å². The summed E-state index contributed by atoms with van der Waals surface area (Å²) in [4.78, 5) is 29.8. The van der Waals surface area contributed by atoms with Crippen molar-refractivity contribution in [1.82, 2.24) is 19.5 Å². The molecule has 0 spiro atoms. The summed E-state index contributed by atoms with van der Waals surface area (Å²) in [6, 6.07) is 16.7. The number of methoxy groups -OCH3 is 1. The molecular weight excluding hydrogens is 454 g/mol. The average molecular weight is 480 g/mol. The molecule has 0 aliphatic carbocycles. The Morgan fingerprint density at radius 2 is 1.88 bits per heavy atom. The highest BCUT2D eigenvalue weighted by atomic mass is 32.2. The van der Waals surface area contributed by atoms with Gasteiger partial charge in [0.15, 0.2) is 5.82 Å². The number of carbonyl (C=O) groups excluding carboxylic acids is 1. The zero-order valence-corrected chi connectivity index (χ0v) is 20.0. The summed E-state index contributed by atoms with van der Waals surface area (Å²) in [5, 5.41) is 6.78. The molecule has 0 radical (unpaired) electrons. The van der Waals surface area contributed by atoms with Crippen LogP contribution in [-0.2, 0) is 17.6 Å². The van der Waals surface area contributed by atoms with Gasteiger partial charge >= 0.3 is 0 Å². The summed E-state index contributed by atoms with van der Waals surface area (Å²) in [7, 11) is 3.40. The predicted octanol–water partition coefficient (Wildman–Crippen LogP) is 3.81. The summed E-state index contributed by atoms with van der Waals surface area (Å²) in [6.07, 6.45) is 0.257. The van der Waals surface area contributed by atoms with Crippen LogP contribution in [0.25, 0.3) is 17.1 Å². The SMILES string of the molecule is COc1ccc(-c2nc(CSCCC(=O)Nc3c(C)n(C)n(-c4ccccc4)c3=O)no2)cc1. The molecule has 0 saturated carbocycles. The first-order valence-corrected chi connectivity index (χ1v) is 11.8. The molecule has 34 heavy (non-hydrogen) atoms. The Morgan fingerprint density at radius 1 is 1.15 bits per heavy atom. The molecule has 9 nitrogen and oxygen atoms in total. The van der Waals surface area contributed by atoms with Gasteiger partial charge in [-0.25, -0.2) is 4.68 Å². The highest BCUT2D eigenvalue weighted by Gasteiger charge is 2.18. The lowest BCUT2D eigenvalue weighted by Gasteiger charge is -2.07. The molecule has 1 N–H and O–H groups in total. The molecule has 0 atom stereocenters. The molecule has 2 aromatic carbocycles. The van der Waals surface area contributed by atoms with Crippen molar-refractivity contribution < 1.29 is 14.1 Å². The molecule has 4 aromatic rings. The number of thioether (sulfide) groups is 1. The number of hydrogen-bond donors (Lipinski definition) is 1. The quantitative estimate of drug-likeness (QED) is 0.364. The maximum atomic E-state index is 12.9. The molecule has 176 valence electrons. The largest absolute Gasteiger partial charge is 0.497 e. The number of para-hydroxylation sites is 1. The summed E-state index contributed by atoms with van der Waals surface area (Å²) in [6.45, 7) is 1.81. The van der Waals surface area contributed by atoms with Crippen molar-refractivity contribution in [2.45, 2.75) is 19.1 Å². The molecule has 10 heteroatoms. The third kappa shape index (κ3) is 5.07. The van der Waals surface area contributed by atoms with Crippen LogP contribution in [-0.4, -0.2) is 38.3 Å². The molecule has 0 aliphatic rings. The summed E-state index contributed by atoms with van der Waals surface area (Å²) < 4.78 is 13.7. The monoisotopic (exact) mass is 479 g/mol. The Balaban J connectivity index is 1.30. The summed E-state index contributed by atoms with van der Waals surface area (Å²) in [5.41, 5.74) is 2.27. The number of benzene rings is 2. The van der Waals surface area contributed by atoms with Crippen LogP contribution in [0.3, 0.4) is 0 Å². The second-order valence-electron chi connectivity index (χ2n) is 7.53. The van der Waals surface area contributed by atoms with Crippen molar-refractivity contribution in [2.24, 2.45) is 7.05 Å². The Labute approximate surface area is 200 Å². The van der Waals surface area contributed by atoms with E-state index in [1.807, 2.05) is 61.5 Å². The van der Waals surface area contributed by atoms with Crippen LogP contribution in [0.1, 0.15) is 17.9 Å². The number of rotatable bonds is 9. The van der Waals surface area contributed by atoms with Gasteiger partial charge in [-0.3, -0.25) is 14.3 Å². The Kier molecular flexibility index (Phi) is 7.17. The van der Waals surface area contributed by atoms with E-state index in [-0.39, 0.29) is 17.9 Å². The summed E-state index contributed by atoms with van der Waals surface area (Å²) >= 11 is 1.52. The van der Waals surface area contributed by atoms with E-state index in [2.05, 4.69) is 15.5 Å². The maximum absolute atomic E-state index is 12.9. The topological polar surface area (TPSA) is 104 Å². The number of hydrogen-bond acceptors (Lipinski definition) is 7. The normalized spacial score (nSPS) is 10.9. The second kappa shape index (κ2) is 10.4. The first-order valence-electron chi connectivity index (χ1n) is 10.7. The molecule has 0 unspecified atom stereocenters. The maximum Gasteiger partial charge on any atom is 0.295 e. The Morgan fingerprint density at radius 3 is 2.59 bits per heavy atom. The zero-order valence-electron chi connectivity index (χ0n) is 19.1. The Bertz CT molecular complexity index is 1330. The van der Waals surface area contributed by atoms with Gasteiger partial charge in [0.2, 0.25) is 5.91 Å².